The molecule has 194 valence electrons. The van der Waals surface area contributed by atoms with Crippen molar-refractivity contribution < 1.29 is 4.74 Å². The first-order valence-corrected chi connectivity index (χ1v) is 13.4. The maximum Gasteiger partial charge on any atom is 0.135 e. The van der Waals surface area contributed by atoms with E-state index in [1.807, 2.05) is 36.4 Å². The van der Waals surface area contributed by atoms with Crippen LogP contribution in [0.1, 0.15) is 36.7 Å². The molecule has 0 unspecified atom stereocenters. The molecule has 0 aliphatic carbocycles. The number of hydrogen-bond donors (Lipinski definition) is 1. The fourth-order valence-corrected chi connectivity index (χ4v) is 5.24. The number of imidazole rings is 1. The van der Waals surface area contributed by atoms with Crippen molar-refractivity contribution in [1.29, 1.82) is 0 Å². The van der Waals surface area contributed by atoms with E-state index < -0.39 is 0 Å². The first-order chi connectivity index (χ1) is 18.2. The lowest BCUT2D eigenvalue weighted by Crippen LogP contribution is -2.23. The van der Waals surface area contributed by atoms with Crippen LogP contribution in [-0.4, -0.2) is 16.1 Å². The molecule has 2 heterocycles. The van der Waals surface area contributed by atoms with Crippen LogP contribution >= 0.6 is 24.0 Å². The zero-order valence-corrected chi connectivity index (χ0v) is 23.0. The van der Waals surface area contributed by atoms with Gasteiger partial charge in [-0.3, -0.25) is 0 Å². The molecule has 1 aliphatic heterocycles. The fourth-order valence-electron chi connectivity index (χ4n) is 5.11. The van der Waals surface area contributed by atoms with E-state index in [2.05, 4.69) is 65.5 Å². The van der Waals surface area contributed by atoms with Gasteiger partial charge in [-0.05, 0) is 84.4 Å². The summed E-state index contributed by atoms with van der Waals surface area (Å²) in [6.07, 6.45) is 6.48. The molecule has 0 radical (unpaired) electrons. The van der Waals surface area contributed by atoms with Crippen LogP contribution in [-0.2, 0) is 19.4 Å². The zero-order chi connectivity index (χ0) is 25.2. The molecule has 0 saturated heterocycles. The molecule has 4 aromatic carbocycles. The van der Waals surface area contributed by atoms with Gasteiger partial charge in [0.1, 0.15) is 17.3 Å². The van der Waals surface area contributed by atoms with Crippen molar-refractivity contribution in [3.8, 4) is 28.4 Å². The summed E-state index contributed by atoms with van der Waals surface area (Å²) in [5.41, 5.74) is 6.10. The highest BCUT2D eigenvalue weighted by atomic mass is 35.5. The Bertz CT molecular complexity index is 1560. The number of rotatable bonds is 7. The van der Waals surface area contributed by atoms with Gasteiger partial charge in [-0.1, -0.05) is 55.3 Å². The molecular weight excluding hydrogens is 513 g/mol. The van der Waals surface area contributed by atoms with E-state index >= 15 is 0 Å². The van der Waals surface area contributed by atoms with Crippen molar-refractivity contribution >= 4 is 34.8 Å². The maximum absolute atomic E-state index is 6.25. The summed E-state index contributed by atoms with van der Waals surface area (Å²) >= 11 is 6.06. The van der Waals surface area contributed by atoms with E-state index in [9.17, 15) is 0 Å². The van der Waals surface area contributed by atoms with Crippen molar-refractivity contribution in [2.45, 2.75) is 39.2 Å². The van der Waals surface area contributed by atoms with Crippen LogP contribution in [0.15, 0.2) is 85.1 Å². The van der Waals surface area contributed by atoms with Gasteiger partial charge >= 0.3 is 0 Å². The minimum atomic E-state index is 0. The molecule has 1 aliphatic rings. The molecule has 0 spiro atoms. The van der Waals surface area contributed by atoms with Crippen LogP contribution in [0.4, 0.5) is 0 Å². The Kier molecular flexibility index (Phi) is 8.04. The molecule has 6 rings (SSSR count). The van der Waals surface area contributed by atoms with E-state index in [0.29, 0.717) is 5.02 Å². The number of nitrogens with one attached hydrogen (secondary N) is 1. The molecule has 0 atom stereocenters. The number of benzene rings is 4. The van der Waals surface area contributed by atoms with Crippen LogP contribution in [0.5, 0.6) is 11.5 Å². The van der Waals surface area contributed by atoms with Gasteiger partial charge in [0.2, 0.25) is 0 Å². The zero-order valence-electron chi connectivity index (χ0n) is 21.4. The minimum Gasteiger partial charge on any atom is -0.457 e. The van der Waals surface area contributed by atoms with E-state index in [1.165, 1.54) is 16.8 Å². The monoisotopic (exact) mass is 543 g/mol. The Morgan fingerprint density at radius 2 is 1.76 bits per heavy atom. The number of unbranched alkanes of at least 4 members (excludes halogenated alkanes) is 1. The summed E-state index contributed by atoms with van der Waals surface area (Å²) in [6.45, 7) is 4.20. The van der Waals surface area contributed by atoms with E-state index in [-0.39, 0.29) is 12.4 Å². The Morgan fingerprint density at radius 1 is 0.947 bits per heavy atom. The molecule has 0 amide bonds. The van der Waals surface area contributed by atoms with Gasteiger partial charge in [-0.25, -0.2) is 4.98 Å². The van der Waals surface area contributed by atoms with Gasteiger partial charge in [0, 0.05) is 40.8 Å². The molecule has 38 heavy (non-hydrogen) atoms. The number of nitrogens with zero attached hydrogens (tertiary/aromatic N) is 2. The molecule has 0 bridgehead atoms. The van der Waals surface area contributed by atoms with Crippen molar-refractivity contribution in [3.05, 3.63) is 107 Å². The lowest BCUT2D eigenvalue weighted by molar-refractivity contribution is 0.488. The Labute approximate surface area is 235 Å². The van der Waals surface area contributed by atoms with Crippen molar-refractivity contribution in [1.82, 2.24) is 14.9 Å². The third-order valence-electron chi connectivity index (χ3n) is 7.09. The Morgan fingerprint density at radius 3 is 2.58 bits per heavy atom. The number of aryl methyl sites for hydroxylation is 1. The van der Waals surface area contributed by atoms with Crippen LogP contribution in [0, 0.1) is 0 Å². The third-order valence-corrected chi connectivity index (χ3v) is 7.34. The molecule has 1 N–H and O–H groups in total. The number of ether oxygens (including phenoxy) is 1. The molecule has 6 heteroatoms. The summed E-state index contributed by atoms with van der Waals surface area (Å²) in [5.74, 6) is 2.68. The number of aromatic nitrogens is 2. The first-order valence-electron chi connectivity index (χ1n) is 13.1. The van der Waals surface area contributed by atoms with Crippen LogP contribution in [0.3, 0.4) is 0 Å². The van der Waals surface area contributed by atoms with Crippen molar-refractivity contribution in [2.75, 3.05) is 6.54 Å². The minimum absolute atomic E-state index is 0. The summed E-state index contributed by atoms with van der Waals surface area (Å²) in [5, 5.41) is 6.37. The lowest BCUT2D eigenvalue weighted by Gasteiger charge is -2.18. The summed E-state index contributed by atoms with van der Waals surface area (Å²) in [7, 11) is 0. The molecular formula is C32H31Cl2N3O. The van der Waals surface area contributed by atoms with Crippen molar-refractivity contribution in [2.24, 2.45) is 0 Å². The second-order valence-electron chi connectivity index (χ2n) is 9.61. The van der Waals surface area contributed by atoms with Crippen molar-refractivity contribution in [3.63, 3.8) is 0 Å². The SMILES string of the molecule is CCCCc1nc(-c2ccc(Oc3ccc(Cl)cc3)c3ccccc23)cn1-c1ccc2c(c1)CNCC2.Cl. The largest absolute Gasteiger partial charge is 0.457 e. The quantitative estimate of drug-likeness (QED) is 0.223. The summed E-state index contributed by atoms with van der Waals surface area (Å²) in [6, 6.07) is 26.9. The highest BCUT2D eigenvalue weighted by molar-refractivity contribution is 6.30. The summed E-state index contributed by atoms with van der Waals surface area (Å²) < 4.78 is 8.54. The predicted octanol–water partition coefficient (Wildman–Crippen LogP) is 8.55. The molecule has 1 aromatic heterocycles. The van der Waals surface area contributed by atoms with Gasteiger partial charge in [-0.2, -0.15) is 0 Å². The normalized spacial score (nSPS) is 12.7. The highest BCUT2D eigenvalue weighted by Crippen LogP contribution is 2.37. The average molecular weight is 545 g/mol. The van der Waals surface area contributed by atoms with E-state index in [1.54, 1.807) is 0 Å². The topological polar surface area (TPSA) is 39.1 Å². The Hall–Kier alpha value is -3.31. The van der Waals surface area contributed by atoms with E-state index in [4.69, 9.17) is 21.3 Å². The first kappa shape index (κ1) is 26.3. The molecule has 0 fully saturated rings. The molecule has 4 nitrogen and oxygen atoms in total. The van der Waals surface area contributed by atoms with Crippen LogP contribution in [0.2, 0.25) is 5.02 Å². The highest BCUT2D eigenvalue weighted by Gasteiger charge is 2.17. The number of fused-ring (bicyclic) bond motifs is 2. The number of halogens is 2. The smallest absolute Gasteiger partial charge is 0.135 e. The standard InChI is InChI=1S/C32H30ClN3O.ClH/c1-2-3-8-32-35-30(21-36(32)25-12-9-22-17-18-34-20-23(22)19-25)28-15-16-31(29-7-5-4-6-27(28)29)37-26-13-10-24(33)11-14-26;/h4-7,9-16,19,21,34H,2-3,8,17-18,20H2,1H3;1H. The van der Waals surface area contributed by atoms with Crippen LogP contribution < -0.4 is 10.1 Å². The Balaban J connectivity index is 0.00000294. The van der Waals surface area contributed by atoms with Gasteiger partial charge in [0.25, 0.3) is 0 Å². The molecule has 5 aromatic rings. The van der Waals surface area contributed by atoms with Gasteiger partial charge < -0.3 is 14.6 Å². The van der Waals surface area contributed by atoms with Gasteiger partial charge in [-0.15, -0.1) is 12.4 Å². The third kappa shape index (κ3) is 5.30. The second kappa shape index (κ2) is 11.6. The summed E-state index contributed by atoms with van der Waals surface area (Å²) in [4.78, 5) is 5.17. The lowest BCUT2D eigenvalue weighted by atomic mass is 10.0. The molecule has 0 saturated carbocycles. The maximum atomic E-state index is 6.25. The average Bonchev–Trinajstić information content (AvgIpc) is 3.37. The second-order valence-corrected chi connectivity index (χ2v) is 10.0. The fraction of sp³-hybridized carbons (Fsp3) is 0.219. The van der Waals surface area contributed by atoms with E-state index in [0.717, 1.165) is 78.1 Å². The number of hydrogen-bond acceptors (Lipinski definition) is 3. The van der Waals surface area contributed by atoms with Crippen LogP contribution in [0.25, 0.3) is 27.7 Å². The van der Waals surface area contributed by atoms with Gasteiger partial charge in [0.05, 0.1) is 5.69 Å². The van der Waals surface area contributed by atoms with Gasteiger partial charge in [0.15, 0.2) is 0 Å². The predicted molar refractivity (Wildman–Crippen MR) is 159 cm³/mol.